The number of hydrogen-bond acceptors (Lipinski definition) is 5. The minimum absolute atomic E-state index is 0.0280. The van der Waals surface area contributed by atoms with Crippen LogP contribution >= 0.6 is 0 Å². The van der Waals surface area contributed by atoms with Crippen LogP contribution in [0.1, 0.15) is 32.3 Å². The summed E-state index contributed by atoms with van der Waals surface area (Å²) in [7, 11) is 1.61. The number of piperazine rings is 1. The number of amides is 4. The molecule has 2 heterocycles. The summed E-state index contributed by atoms with van der Waals surface area (Å²) in [6.45, 7) is 4.49. The second-order valence-corrected chi connectivity index (χ2v) is 8.81. The van der Waals surface area contributed by atoms with Crippen LogP contribution in [0, 0.1) is 11.7 Å². The first-order chi connectivity index (χ1) is 15.6. The van der Waals surface area contributed by atoms with Crippen molar-refractivity contribution in [2.75, 3.05) is 26.7 Å². The van der Waals surface area contributed by atoms with Gasteiger partial charge in [-0.05, 0) is 30.0 Å². The quantitative estimate of drug-likeness (QED) is 0.626. The fourth-order valence-electron chi connectivity index (χ4n) is 4.31. The molecule has 0 radical (unpaired) electrons. The van der Waals surface area contributed by atoms with E-state index < -0.39 is 24.2 Å². The Balaban J connectivity index is 1.85. The Morgan fingerprint density at radius 2 is 1.88 bits per heavy atom. The summed E-state index contributed by atoms with van der Waals surface area (Å²) in [5, 5.41) is 14.8. The van der Waals surface area contributed by atoms with Crippen molar-refractivity contribution in [3.05, 3.63) is 35.6 Å². The number of urea groups is 1. The van der Waals surface area contributed by atoms with Crippen LogP contribution in [0.3, 0.4) is 0 Å². The molecule has 0 spiro atoms. The molecule has 33 heavy (non-hydrogen) atoms. The summed E-state index contributed by atoms with van der Waals surface area (Å²) in [4.78, 5) is 53.4. The van der Waals surface area contributed by atoms with Gasteiger partial charge in [0.25, 0.3) is 0 Å². The number of likely N-dealkylation sites (N-methyl/N-ethyl adjacent to an activating group) is 1. The highest BCUT2D eigenvalue weighted by Gasteiger charge is 2.50. The summed E-state index contributed by atoms with van der Waals surface area (Å²) >= 11 is 0. The molecule has 0 aromatic heterocycles. The highest BCUT2D eigenvalue weighted by molar-refractivity contribution is 5.91. The van der Waals surface area contributed by atoms with Crippen molar-refractivity contribution in [1.82, 2.24) is 25.1 Å². The molecule has 11 heteroatoms. The van der Waals surface area contributed by atoms with Crippen molar-refractivity contribution >= 4 is 23.8 Å². The Kier molecular flexibility index (Phi) is 7.52. The van der Waals surface area contributed by atoms with Gasteiger partial charge in [-0.1, -0.05) is 26.0 Å². The maximum Gasteiger partial charge on any atom is 0.334 e. The first-order valence-electron chi connectivity index (χ1n) is 10.9. The molecule has 2 aliphatic heterocycles. The molecule has 2 atom stereocenters. The molecule has 0 unspecified atom stereocenters. The van der Waals surface area contributed by atoms with Crippen molar-refractivity contribution in [3.8, 4) is 0 Å². The number of benzene rings is 1. The highest BCUT2D eigenvalue weighted by atomic mass is 19.1. The Morgan fingerprint density at radius 1 is 1.21 bits per heavy atom. The minimum atomic E-state index is -1.06. The molecule has 180 valence electrons. The van der Waals surface area contributed by atoms with E-state index in [0.29, 0.717) is 12.1 Å². The van der Waals surface area contributed by atoms with Crippen LogP contribution in [0.4, 0.5) is 9.18 Å². The van der Waals surface area contributed by atoms with Gasteiger partial charge in [0, 0.05) is 26.6 Å². The van der Waals surface area contributed by atoms with E-state index in [0.717, 1.165) is 0 Å². The third-order valence-electron chi connectivity index (χ3n) is 5.72. The van der Waals surface area contributed by atoms with Gasteiger partial charge in [0.1, 0.15) is 18.0 Å². The smallest absolute Gasteiger partial charge is 0.334 e. The van der Waals surface area contributed by atoms with Gasteiger partial charge in [0.05, 0.1) is 13.1 Å². The molecule has 1 aromatic rings. The summed E-state index contributed by atoms with van der Waals surface area (Å²) in [6.07, 6.45) is -1.06. The molecule has 0 bridgehead atoms. The Labute approximate surface area is 191 Å². The lowest BCUT2D eigenvalue weighted by Crippen LogP contribution is -2.76. The number of rotatable bonds is 7. The predicted octanol–water partition coefficient (Wildman–Crippen LogP) is 1.08. The SMILES string of the molecule is CC(C)CN1C[C@H]2N(C(=O)CN(C)N2C(=O)NCc2ccc(F)cc2)[C@@H](CCC(=O)O)C1=O. The number of carboxylic acids is 1. The van der Waals surface area contributed by atoms with Crippen LogP contribution in [-0.2, 0) is 20.9 Å². The number of fused-ring (bicyclic) bond motifs is 1. The standard InChI is InChI=1S/C22H30FN5O5/c1-14(2)11-26-12-18-27(17(21(26)32)8-9-20(30)31)19(29)13-25(3)28(18)22(33)24-10-15-4-6-16(23)7-5-15/h4-7,14,17-18H,8-13H2,1-3H3,(H,24,33)(H,30,31)/t17-,18-/m0/s1. The fourth-order valence-corrected chi connectivity index (χ4v) is 4.31. The number of nitrogens with one attached hydrogen (secondary N) is 1. The van der Waals surface area contributed by atoms with Crippen LogP contribution in [0.15, 0.2) is 24.3 Å². The lowest BCUT2D eigenvalue weighted by molar-refractivity contribution is -0.188. The summed E-state index contributed by atoms with van der Waals surface area (Å²) in [5.41, 5.74) is 0.705. The second-order valence-electron chi connectivity index (χ2n) is 8.81. The Bertz CT molecular complexity index is 909. The van der Waals surface area contributed by atoms with Crippen LogP contribution < -0.4 is 5.32 Å². The van der Waals surface area contributed by atoms with Gasteiger partial charge in [-0.25, -0.2) is 19.2 Å². The van der Waals surface area contributed by atoms with Crippen LogP contribution in [0.5, 0.6) is 0 Å². The lowest BCUT2D eigenvalue weighted by Gasteiger charge is -2.54. The zero-order chi connectivity index (χ0) is 24.3. The van der Waals surface area contributed by atoms with Crippen LogP contribution in [0.25, 0.3) is 0 Å². The molecule has 4 amide bonds. The number of hydrogen-bond donors (Lipinski definition) is 2. The lowest BCUT2D eigenvalue weighted by atomic mass is 10.0. The normalized spacial score (nSPS) is 21.4. The fraction of sp³-hybridized carbons (Fsp3) is 0.545. The van der Waals surface area contributed by atoms with E-state index in [4.69, 9.17) is 5.11 Å². The molecule has 2 aliphatic rings. The van der Waals surface area contributed by atoms with Gasteiger partial charge in [0.2, 0.25) is 11.8 Å². The third kappa shape index (κ3) is 5.59. The van der Waals surface area contributed by atoms with E-state index in [-0.39, 0.29) is 56.0 Å². The van der Waals surface area contributed by atoms with Crippen molar-refractivity contribution in [1.29, 1.82) is 0 Å². The molecule has 2 saturated heterocycles. The molecule has 3 rings (SSSR count). The molecule has 1 aromatic carbocycles. The van der Waals surface area contributed by atoms with Crippen molar-refractivity contribution in [3.63, 3.8) is 0 Å². The summed E-state index contributed by atoms with van der Waals surface area (Å²) < 4.78 is 13.1. The first kappa shape index (κ1) is 24.4. The van der Waals surface area contributed by atoms with Gasteiger partial charge in [0.15, 0.2) is 0 Å². The molecule has 2 fully saturated rings. The van der Waals surface area contributed by atoms with Gasteiger partial charge < -0.3 is 20.2 Å². The average molecular weight is 464 g/mol. The van der Waals surface area contributed by atoms with E-state index in [1.165, 1.54) is 27.1 Å². The maximum absolute atomic E-state index is 13.2. The largest absolute Gasteiger partial charge is 0.481 e. The Morgan fingerprint density at radius 3 is 2.48 bits per heavy atom. The monoisotopic (exact) mass is 463 g/mol. The van der Waals surface area contributed by atoms with Gasteiger partial charge in [-0.15, -0.1) is 0 Å². The van der Waals surface area contributed by atoms with Crippen molar-refractivity contribution < 1.29 is 28.7 Å². The molecule has 0 saturated carbocycles. The van der Waals surface area contributed by atoms with E-state index in [2.05, 4.69) is 5.32 Å². The first-order valence-corrected chi connectivity index (χ1v) is 10.9. The van der Waals surface area contributed by atoms with Crippen molar-refractivity contribution in [2.45, 2.75) is 45.4 Å². The van der Waals surface area contributed by atoms with Crippen LogP contribution in [-0.4, -0.2) is 87.6 Å². The van der Waals surface area contributed by atoms with E-state index in [9.17, 15) is 23.6 Å². The van der Waals surface area contributed by atoms with E-state index in [1.54, 1.807) is 24.1 Å². The van der Waals surface area contributed by atoms with Gasteiger partial charge in [-0.2, -0.15) is 0 Å². The highest BCUT2D eigenvalue weighted by Crippen LogP contribution is 2.28. The van der Waals surface area contributed by atoms with E-state index >= 15 is 0 Å². The topological polar surface area (TPSA) is 114 Å². The van der Waals surface area contributed by atoms with Gasteiger partial charge in [-0.3, -0.25) is 14.4 Å². The molecular formula is C22H30FN5O5. The van der Waals surface area contributed by atoms with Crippen molar-refractivity contribution in [2.24, 2.45) is 5.92 Å². The van der Waals surface area contributed by atoms with Crippen LogP contribution in [0.2, 0.25) is 0 Å². The molecule has 2 N–H and O–H groups in total. The third-order valence-corrected chi connectivity index (χ3v) is 5.72. The predicted molar refractivity (Wildman–Crippen MR) is 116 cm³/mol. The summed E-state index contributed by atoms with van der Waals surface area (Å²) in [6, 6.07) is 4.32. The number of aliphatic carboxylic acids is 1. The zero-order valence-electron chi connectivity index (χ0n) is 19.0. The average Bonchev–Trinajstić information content (AvgIpc) is 2.73. The molecule has 0 aliphatic carbocycles. The molecule has 10 nitrogen and oxygen atoms in total. The summed E-state index contributed by atoms with van der Waals surface area (Å²) in [5.74, 6) is -1.92. The number of halogens is 1. The van der Waals surface area contributed by atoms with E-state index in [1.807, 2.05) is 13.8 Å². The molecular weight excluding hydrogens is 433 g/mol. The number of carbonyl (C=O) groups is 4. The van der Waals surface area contributed by atoms with Gasteiger partial charge >= 0.3 is 12.0 Å². The minimum Gasteiger partial charge on any atom is -0.481 e. The number of carbonyl (C=O) groups excluding carboxylic acids is 3. The number of carboxylic acid groups (broad SMARTS) is 1. The zero-order valence-corrected chi connectivity index (χ0v) is 19.0. The maximum atomic E-state index is 13.2. The Hall–Kier alpha value is -3.21. The number of nitrogens with zero attached hydrogens (tertiary/aromatic N) is 4. The second kappa shape index (κ2) is 10.2. The number of hydrazine groups is 1.